The van der Waals surface area contributed by atoms with Crippen molar-refractivity contribution in [2.24, 2.45) is 22.7 Å². The maximum absolute atomic E-state index is 6.95. The van der Waals surface area contributed by atoms with Gasteiger partial charge in [0, 0.05) is 0 Å². The van der Waals surface area contributed by atoms with Crippen LogP contribution in [0.4, 0.5) is 0 Å². The molecule has 19 heavy (non-hydrogen) atoms. The van der Waals surface area contributed by atoms with Crippen molar-refractivity contribution in [2.75, 3.05) is 0 Å². The SMILES string of the molecule is CC(C)/C=C/C[Se@]1(Cl)CC23CCC(C[C@H]2O1)C3(C)C. The fraction of sp³-hybridized carbons (Fsp3) is 0.875. The van der Waals surface area contributed by atoms with Crippen LogP contribution in [-0.2, 0) is 3.82 Å². The van der Waals surface area contributed by atoms with Crippen LogP contribution in [0.2, 0.25) is 10.6 Å². The van der Waals surface area contributed by atoms with E-state index in [-0.39, 0.29) is 0 Å². The molecule has 110 valence electrons. The molecule has 0 N–H and O–H groups in total. The standard InChI is InChI=1S/C16H27ClOSe/c1-12(2)6-5-9-19(17)11-16-8-7-13(15(16,3)4)10-14(16)18-19/h5-6,12-14H,7-11H2,1-4H3/b6-5+/t13?,14-,16?/m1/s1. The van der Waals surface area contributed by atoms with E-state index in [2.05, 4.69) is 39.8 Å². The number of allylic oxidation sites excluding steroid dienone is 2. The second kappa shape index (κ2) is 4.50. The van der Waals surface area contributed by atoms with Crippen LogP contribution in [0.25, 0.3) is 0 Å². The second-order valence-corrected chi connectivity index (χ2v) is 15.3. The summed E-state index contributed by atoms with van der Waals surface area (Å²) in [7, 11) is 6.95. The molecule has 2 bridgehead atoms. The van der Waals surface area contributed by atoms with Crippen molar-refractivity contribution in [3.63, 3.8) is 0 Å². The van der Waals surface area contributed by atoms with Crippen LogP contribution in [0, 0.1) is 22.7 Å². The van der Waals surface area contributed by atoms with Gasteiger partial charge in [-0.05, 0) is 0 Å². The molecule has 1 spiro atoms. The Hall–Kier alpha value is 0.509. The Morgan fingerprint density at radius 3 is 2.74 bits per heavy atom. The molecule has 0 aromatic carbocycles. The van der Waals surface area contributed by atoms with Crippen LogP contribution >= 0.6 is 10.1 Å². The van der Waals surface area contributed by atoms with Gasteiger partial charge >= 0.3 is 125 Å². The number of hydrogen-bond donors (Lipinski definition) is 0. The first-order chi connectivity index (χ1) is 8.79. The summed E-state index contributed by atoms with van der Waals surface area (Å²) < 4.78 is 6.49. The van der Waals surface area contributed by atoms with E-state index in [4.69, 9.17) is 13.9 Å². The van der Waals surface area contributed by atoms with E-state index in [1.165, 1.54) is 24.6 Å². The van der Waals surface area contributed by atoms with E-state index in [0.29, 0.717) is 22.9 Å². The summed E-state index contributed by atoms with van der Waals surface area (Å²) in [5.41, 5.74) is 0.874. The Morgan fingerprint density at radius 2 is 2.16 bits per heavy atom. The van der Waals surface area contributed by atoms with Gasteiger partial charge in [0.1, 0.15) is 0 Å². The minimum atomic E-state index is -2.22. The van der Waals surface area contributed by atoms with Crippen molar-refractivity contribution >= 4 is 22.4 Å². The van der Waals surface area contributed by atoms with Crippen LogP contribution in [0.3, 0.4) is 0 Å². The molecular formula is C16H27ClOSe. The molecule has 2 saturated carbocycles. The summed E-state index contributed by atoms with van der Waals surface area (Å²) in [4.78, 5) is 0. The summed E-state index contributed by atoms with van der Waals surface area (Å²) in [5, 5.41) is 2.21. The van der Waals surface area contributed by atoms with Gasteiger partial charge in [-0.15, -0.1) is 0 Å². The van der Waals surface area contributed by atoms with Gasteiger partial charge < -0.3 is 0 Å². The minimum absolute atomic E-state index is 0.422. The summed E-state index contributed by atoms with van der Waals surface area (Å²) >= 11 is -2.22. The zero-order valence-corrected chi connectivity index (χ0v) is 15.1. The molecule has 0 radical (unpaired) electrons. The normalized spacial score (nSPS) is 47.5. The first-order valence-corrected chi connectivity index (χ1v) is 13.0. The molecule has 1 nitrogen and oxygen atoms in total. The molecule has 4 atom stereocenters. The first-order valence-electron chi connectivity index (χ1n) is 7.62. The summed E-state index contributed by atoms with van der Waals surface area (Å²) in [6, 6.07) is 0. The molecule has 0 amide bonds. The molecule has 1 heterocycles. The van der Waals surface area contributed by atoms with Crippen molar-refractivity contribution in [1.29, 1.82) is 0 Å². The summed E-state index contributed by atoms with van der Waals surface area (Å²) in [6.07, 6.45) is 9.07. The molecule has 0 aromatic rings. The Labute approximate surface area is 124 Å². The van der Waals surface area contributed by atoms with Gasteiger partial charge in [0.2, 0.25) is 0 Å². The molecule has 3 aliphatic rings. The van der Waals surface area contributed by atoms with Crippen molar-refractivity contribution in [3.8, 4) is 0 Å². The fourth-order valence-electron chi connectivity index (χ4n) is 4.67. The Balaban J connectivity index is 1.77. The predicted molar refractivity (Wildman–Crippen MR) is 83.6 cm³/mol. The van der Waals surface area contributed by atoms with Crippen molar-refractivity contribution < 1.29 is 3.82 Å². The molecule has 1 saturated heterocycles. The van der Waals surface area contributed by atoms with E-state index in [1.807, 2.05) is 0 Å². The predicted octanol–water partition coefficient (Wildman–Crippen LogP) is 5.10. The molecule has 3 rings (SSSR count). The molecule has 3 fully saturated rings. The third-order valence-corrected chi connectivity index (χ3v) is 12.2. The van der Waals surface area contributed by atoms with Crippen LogP contribution < -0.4 is 0 Å². The number of halogens is 1. The van der Waals surface area contributed by atoms with Crippen LogP contribution in [0.1, 0.15) is 47.0 Å². The van der Waals surface area contributed by atoms with Crippen molar-refractivity contribution in [3.05, 3.63) is 12.2 Å². The summed E-state index contributed by atoms with van der Waals surface area (Å²) in [5.74, 6) is 1.49. The molecule has 1 aliphatic heterocycles. The average molecular weight is 350 g/mol. The average Bonchev–Trinajstić information content (AvgIpc) is 2.78. The molecule has 2 aliphatic carbocycles. The van der Waals surface area contributed by atoms with Crippen LogP contribution in [0.5, 0.6) is 0 Å². The Kier molecular flexibility index (Phi) is 3.42. The van der Waals surface area contributed by atoms with Gasteiger partial charge in [-0.1, -0.05) is 0 Å². The number of fused-ring (bicyclic) bond motifs is 1. The van der Waals surface area contributed by atoms with Gasteiger partial charge in [0.05, 0.1) is 0 Å². The molecular weight excluding hydrogens is 323 g/mol. The maximum atomic E-state index is 6.95. The van der Waals surface area contributed by atoms with E-state index < -0.39 is 12.3 Å². The fourth-order valence-corrected chi connectivity index (χ4v) is 12.4. The van der Waals surface area contributed by atoms with Crippen LogP contribution in [0.15, 0.2) is 12.2 Å². The third-order valence-electron chi connectivity index (χ3n) is 5.99. The third kappa shape index (κ3) is 2.06. The van der Waals surface area contributed by atoms with Gasteiger partial charge in [0.25, 0.3) is 0 Å². The van der Waals surface area contributed by atoms with E-state index in [0.717, 1.165) is 11.2 Å². The topological polar surface area (TPSA) is 9.23 Å². The van der Waals surface area contributed by atoms with Gasteiger partial charge in [-0.3, -0.25) is 0 Å². The molecule has 2 unspecified atom stereocenters. The van der Waals surface area contributed by atoms with Crippen molar-refractivity contribution in [2.45, 2.75) is 63.7 Å². The van der Waals surface area contributed by atoms with E-state index in [9.17, 15) is 0 Å². The van der Waals surface area contributed by atoms with Crippen molar-refractivity contribution in [1.82, 2.24) is 0 Å². The zero-order valence-electron chi connectivity index (χ0n) is 12.6. The molecule has 3 heteroatoms. The zero-order chi connectivity index (χ0) is 13.9. The first kappa shape index (κ1) is 14.4. The quantitative estimate of drug-likeness (QED) is 0.508. The molecule has 0 aromatic heterocycles. The van der Waals surface area contributed by atoms with Crippen LogP contribution in [-0.4, -0.2) is 18.4 Å². The van der Waals surface area contributed by atoms with E-state index >= 15 is 0 Å². The monoisotopic (exact) mass is 350 g/mol. The van der Waals surface area contributed by atoms with Gasteiger partial charge in [0.15, 0.2) is 0 Å². The van der Waals surface area contributed by atoms with Gasteiger partial charge in [-0.2, -0.15) is 0 Å². The number of rotatable bonds is 3. The Bertz CT molecular complexity index is 406. The van der Waals surface area contributed by atoms with Gasteiger partial charge in [-0.25, -0.2) is 0 Å². The Morgan fingerprint density at radius 1 is 1.42 bits per heavy atom. The second-order valence-electron chi connectivity index (χ2n) is 7.64. The number of hydrogen-bond acceptors (Lipinski definition) is 1. The summed E-state index contributed by atoms with van der Waals surface area (Å²) in [6.45, 7) is 9.37. The van der Waals surface area contributed by atoms with E-state index in [1.54, 1.807) is 0 Å².